The van der Waals surface area contributed by atoms with Gasteiger partial charge in [0, 0.05) is 32.7 Å². The number of nitrogens with one attached hydrogen (secondary N) is 1. The summed E-state index contributed by atoms with van der Waals surface area (Å²) in [7, 11) is 1.68. The van der Waals surface area contributed by atoms with Gasteiger partial charge in [-0.05, 0) is 0 Å². The Labute approximate surface area is 104 Å². The number of nitrogen functional groups attached to an aromatic ring is 1. The van der Waals surface area contributed by atoms with Gasteiger partial charge in [0.15, 0.2) is 0 Å². The Morgan fingerprint density at radius 2 is 2.47 bits per heavy atom. The van der Waals surface area contributed by atoms with Crippen LogP contribution >= 0.6 is 11.6 Å². The van der Waals surface area contributed by atoms with Crippen molar-refractivity contribution in [2.45, 2.75) is 12.0 Å². The number of hydrogen-bond acceptors (Lipinski definition) is 6. The van der Waals surface area contributed by atoms with Crippen molar-refractivity contribution in [1.82, 2.24) is 9.97 Å². The predicted octanol–water partition coefficient (Wildman–Crippen LogP) is 0.930. The number of halogens is 1. The van der Waals surface area contributed by atoms with E-state index in [1.54, 1.807) is 13.2 Å². The van der Waals surface area contributed by atoms with Crippen LogP contribution in [-0.2, 0) is 9.47 Å². The molecule has 2 heterocycles. The fourth-order valence-electron chi connectivity index (χ4n) is 1.74. The number of anilines is 2. The Kier molecular flexibility index (Phi) is 3.66. The number of nitrogens with two attached hydrogens (primary N) is 1. The Balaban J connectivity index is 2.01. The smallest absolute Gasteiger partial charge is 0.223 e. The fourth-order valence-corrected chi connectivity index (χ4v) is 1.93. The summed E-state index contributed by atoms with van der Waals surface area (Å²) >= 11 is 5.79. The molecule has 3 N–H and O–H groups in total. The molecule has 1 fully saturated rings. The zero-order chi connectivity index (χ0) is 12.3. The molecule has 0 radical (unpaired) electrons. The van der Waals surface area contributed by atoms with Gasteiger partial charge in [0.25, 0.3) is 0 Å². The van der Waals surface area contributed by atoms with Gasteiger partial charge in [0.2, 0.25) is 5.95 Å². The molecular weight excluding hydrogens is 244 g/mol. The summed E-state index contributed by atoms with van der Waals surface area (Å²) in [4.78, 5) is 7.82. The quantitative estimate of drug-likeness (QED) is 0.782. The number of methoxy groups -OCH3 is 1. The number of nitrogens with zero attached hydrogens (tertiary/aromatic N) is 2. The van der Waals surface area contributed by atoms with Crippen LogP contribution in [0, 0.1) is 0 Å². The Bertz CT molecular complexity index is 376. The highest BCUT2D eigenvalue weighted by Gasteiger charge is 2.34. The average molecular weight is 259 g/mol. The summed E-state index contributed by atoms with van der Waals surface area (Å²) < 4.78 is 10.8. The highest BCUT2D eigenvalue weighted by atomic mass is 35.5. The van der Waals surface area contributed by atoms with Crippen LogP contribution in [-0.4, -0.2) is 42.4 Å². The van der Waals surface area contributed by atoms with Gasteiger partial charge >= 0.3 is 0 Å². The first-order chi connectivity index (χ1) is 8.13. The first-order valence-electron chi connectivity index (χ1n) is 5.30. The molecule has 17 heavy (non-hydrogen) atoms. The Morgan fingerprint density at radius 1 is 1.65 bits per heavy atom. The maximum absolute atomic E-state index is 5.79. The van der Waals surface area contributed by atoms with E-state index in [0.717, 1.165) is 6.42 Å². The largest absolute Gasteiger partial charge is 0.378 e. The van der Waals surface area contributed by atoms with Gasteiger partial charge in [-0.3, -0.25) is 0 Å². The van der Waals surface area contributed by atoms with Gasteiger partial charge in [0.05, 0.1) is 6.61 Å². The van der Waals surface area contributed by atoms with E-state index in [0.29, 0.717) is 30.7 Å². The molecule has 1 unspecified atom stereocenters. The summed E-state index contributed by atoms with van der Waals surface area (Å²) in [5, 5.41) is 3.45. The maximum atomic E-state index is 5.79. The molecule has 0 amide bonds. The molecule has 1 aliphatic rings. The number of ether oxygens (including phenoxy) is 2. The lowest BCUT2D eigenvalue weighted by molar-refractivity contribution is -0.00625. The molecule has 7 heteroatoms. The minimum Gasteiger partial charge on any atom is -0.378 e. The predicted molar refractivity (Wildman–Crippen MR) is 65.1 cm³/mol. The molecule has 0 bridgehead atoms. The van der Waals surface area contributed by atoms with Crippen LogP contribution in [0.3, 0.4) is 0 Å². The average Bonchev–Trinajstić information content (AvgIpc) is 2.74. The second kappa shape index (κ2) is 5.03. The van der Waals surface area contributed by atoms with Crippen LogP contribution in [0.15, 0.2) is 6.07 Å². The molecule has 1 atom stereocenters. The van der Waals surface area contributed by atoms with E-state index in [-0.39, 0.29) is 11.5 Å². The van der Waals surface area contributed by atoms with E-state index in [9.17, 15) is 0 Å². The van der Waals surface area contributed by atoms with Crippen molar-refractivity contribution in [2.75, 3.05) is 37.9 Å². The topological polar surface area (TPSA) is 82.3 Å². The van der Waals surface area contributed by atoms with Crippen LogP contribution in [0.1, 0.15) is 6.42 Å². The van der Waals surface area contributed by atoms with E-state index in [4.69, 9.17) is 26.8 Å². The summed E-state index contributed by atoms with van der Waals surface area (Å²) in [5.74, 6) is 0.736. The zero-order valence-corrected chi connectivity index (χ0v) is 10.3. The Morgan fingerprint density at radius 3 is 3.06 bits per heavy atom. The standard InChI is InChI=1S/C10H15ClN4O2/c1-16-10(2-3-17-6-10)5-13-8-4-7(11)14-9(12)15-8/h4H,2-3,5-6H2,1H3,(H3,12,13,14,15). The lowest BCUT2D eigenvalue weighted by atomic mass is 10.0. The second-order valence-electron chi connectivity index (χ2n) is 3.98. The van der Waals surface area contributed by atoms with Crippen LogP contribution in [0.4, 0.5) is 11.8 Å². The molecule has 6 nitrogen and oxygen atoms in total. The number of aromatic nitrogens is 2. The maximum Gasteiger partial charge on any atom is 0.223 e. The van der Waals surface area contributed by atoms with Crippen LogP contribution in [0.25, 0.3) is 0 Å². The minimum atomic E-state index is -0.299. The van der Waals surface area contributed by atoms with Gasteiger partial charge < -0.3 is 20.5 Å². The van der Waals surface area contributed by atoms with Gasteiger partial charge in [0.1, 0.15) is 16.6 Å². The first-order valence-corrected chi connectivity index (χ1v) is 5.68. The van der Waals surface area contributed by atoms with Crippen molar-refractivity contribution in [3.05, 3.63) is 11.2 Å². The SMILES string of the molecule is COC1(CNc2cc(Cl)nc(N)n2)CCOC1. The zero-order valence-electron chi connectivity index (χ0n) is 9.57. The van der Waals surface area contributed by atoms with Gasteiger partial charge in [-0.2, -0.15) is 4.98 Å². The molecule has 0 spiro atoms. The normalized spacial score (nSPS) is 23.9. The summed E-state index contributed by atoms with van der Waals surface area (Å²) in [6.07, 6.45) is 0.852. The number of hydrogen-bond donors (Lipinski definition) is 2. The third-order valence-corrected chi connectivity index (χ3v) is 3.00. The van der Waals surface area contributed by atoms with E-state index in [1.165, 1.54) is 0 Å². The van der Waals surface area contributed by atoms with Crippen LogP contribution in [0.5, 0.6) is 0 Å². The molecule has 1 aliphatic heterocycles. The lowest BCUT2D eigenvalue weighted by Gasteiger charge is -2.26. The molecule has 0 aromatic carbocycles. The van der Waals surface area contributed by atoms with Gasteiger partial charge in [-0.15, -0.1) is 0 Å². The molecule has 2 rings (SSSR count). The van der Waals surface area contributed by atoms with Gasteiger partial charge in [-0.25, -0.2) is 4.98 Å². The monoisotopic (exact) mass is 258 g/mol. The molecular formula is C10H15ClN4O2. The van der Waals surface area contributed by atoms with Crippen molar-refractivity contribution >= 4 is 23.4 Å². The molecule has 1 saturated heterocycles. The first kappa shape index (κ1) is 12.3. The molecule has 1 aromatic rings. The van der Waals surface area contributed by atoms with E-state index < -0.39 is 0 Å². The highest BCUT2D eigenvalue weighted by Crippen LogP contribution is 2.23. The summed E-state index contributed by atoms with van der Waals surface area (Å²) in [6.45, 7) is 1.88. The third kappa shape index (κ3) is 2.96. The van der Waals surface area contributed by atoms with Gasteiger partial charge in [-0.1, -0.05) is 11.6 Å². The molecule has 0 saturated carbocycles. The van der Waals surface area contributed by atoms with E-state index in [1.807, 2.05) is 0 Å². The number of rotatable bonds is 4. The minimum absolute atomic E-state index is 0.147. The molecule has 1 aromatic heterocycles. The van der Waals surface area contributed by atoms with E-state index in [2.05, 4.69) is 15.3 Å². The van der Waals surface area contributed by atoms with Crippen molar-refractivity contribution in [1.29, 1.82) is 0 Å². The van der Waals surface area contributed by atoms with Crippen molar-refractivity contribution in [3.63, 3.8) is 0 Å². The highest BCUT2D eigenvalue weighted by molar-refractivity contribution is 6.29. The third-order valence-electron chi connectivity index (χ3n) is 2.80. The molecule has 94 valence electrons. The van der Waals surface area contributed by atoms with E-state index >= 15 is 0 Å². The second-order valence-corrected chi connectivity index (χ2v) is 4.36. The summed E-state index contributed by atoms with van der Waals surface area (Å²) in [5.41, 5.74) is 5.21. The van der Waals surface area contributed by atoms with Crippen LogP contribution < -0.4 is 11.1 Å². The fraction of sp³-hybridized carbons (Fsp3) is 0.600. The summed E-state index contributed by atoms with van der Waals surface area (Å²) in [6, 6.07) is 1.62. The van der Waals surface area contributed by atoms with Crippen molar-refractivity contribution < 1.29 is 9.47 Å². The molecule has 0 aliphatic carbocycles. The van der Waals surface area contributed by atoms with Crippen molar-refractivity contribution in [2.24, 2.45) is 0 Å². The van der Waals surface area contributed by atoms with Crippen LogP contribution in [0.2, 0.25) is 5.15 Å². The van der Waals surface area contributed by atoms with Crippen molar-refractivity contribution in [3.8, 4) is 0 Å². The lowest BCUT2D eigenvalue weighted by Crippen LogP contribution is -2.39. The Hall–Kier alpha value is -1.11.